The summed E-state index contributed by atoms with van der Waals surface area (Å²) >= 11 is 0. The average molecular weight is 415 g/mol. The van der Waals surface area contributed by atoms with Crippen molar-refractivity contribution in [2.75, 3.05) is 13.1 Å². The number of hydrogen-bond acceptors (Lipinski definition) is 4. The molecule has 0 aromatic heterocycles. The molecule has 5 heteroatoms. The molecule has 5 nitrogen and oxygen atoms in total. The van der Waals surface area contributed by atoms with Crippen LogP contribution in [-0.2, 0) is 11.2 Å². The van der Waals surface area contributed by atoms with Crippen molar-refractivity contribution in [1.29, 1.82) is 0 Å². The molecule has 1 aliphatic carbocycles. The Labute approximate surface area is 181 Å². The lowest BCUT2D eigenvalue weighted by Crippen LogP contribution is -2.30. The zero-order valence-corrected chi connectivity index (χ0v) is 18.5. The molecular weight excluding hydrogens is 376 g/mol. The maximum Gasteiger partial charge on any atom is 0.220 e. The molecule has 0 aliphatic heterocycles. The summed E-state index contributed by atoms with van der Waals surface area (Å²) in [5.74, 6) is 0.149. The number of amides is 1. The van der Waals surface area contributed by atoms with E-state index >= 15 is 0 Å². The molecule has 30 heavy (non-hydrogen) atoms. The molecule has 0 spiro atoms. The first kappa shape index (κ1) is 24.0. The van der Waals surface area contributed by atoms with Crippen molar-refractivity contribution in [3.05, 3.63) is 47.1 Å². The number of phenolic OH excluding ortho intramolecular Hbond substituents is 2. The second kappa shape index (κ2) is 11.8. The van der Waals surface area contributed by atoms with E-state index in [1.807, 2.05) is 0 Å². The lowest BCUT2D eigenvalue weighted by atomic mass is 9.73. The second-order valence-electron chi connectivity index (χ2n) is 8.52. The maximum atomic E-state index is 11.9. The summed E-state index contributed by atoms with van der Waals surface area (Å²) in [6.45, 7) is 9.35. The number of carbonyl (C=O) groups is 1. The molecule has 1 aromatic rings. The molecule has 0 saturated heterocycles. The van der Waals surface area contributed by atoms with Crippen LogP contribution in [0.1, 0.15) is 75.8 Å². The zero-order chi connectivity index (χ0) is 22.1. The first-order valence-electron chi connectivity index (χ1n) is 11.2. The molecule has 0 fully saturated rings. The molecule has 1 amide bonds. The van der Waals surface area contributed by atoms with Crippen LogP contribution < -0.4 is 11.1 Å². The van der Waals surface area contributed by atoms with Gasteiger partial charge in [0.2, 0.25) is 5.91 Å². The van der Waals surface area contributed by atoms with Crippen molar-refractivity contribution in [1.82, 2.24) is 5.32 Å². The fourth-order valence-corrected chi connectivity index (χ4v) is 4.25. The van der Waals surface area contributed by atoms with Gasteiger partial charge in [0.1, 0.15) is 11.5 Å². The average Bonchev–Trinajstić information content (AvgIpc) is 2.70. The Kier molecular flexibility index (Phi) is 9.44. The van der Waals surface area contributed by atoms with Gasteiger partial charge in [-0.2, -0.15) is 0 Å². The first-order valence-corrected chi connectivity index (χ1v) is 11.2. The number of nitrogens with one attached hydrogen (secondary N) is 1. The third-order valence-corrected chi connectivity index (χ3v) is 5.99. The van der Waals surface area contributed by atoms with Crippen LogP contribution in [0.5, 0.6) is 11.5 Å². The van der Waals surface area contributed by atoms with E-state index in [2.05, 4.69) is 31.8 Å². The summed E-state index contributed by atoms with van der Waals surface area (Å²) in [5.41, 5.74) is 9.14. The van der Waals surface area contributed by atoms with E-state index in [-0.39, 0.29) is 29.2 Å². The fourth-order valence-electron chi connectivity index (χ4n) is 4.25. The SMILES string of the molecule is C=C(CNC(=O)CCCN)[C@@H]1CCC(C)=CC1c1c(O)cc(CCCCC)cc1O. The van der Waals surface area contributed by atoms with E-state index in [1.54, 1.807) is 12.1 Å². The van der Waals surface area contributed by atoms with Crippen molar-refractivity contribution < 1.29 is 15.0 Å². The second-order valence-corrected chi connectivity index (χ2v) is 8.52. The number of hydrogen-bond donors (Lipinski definition) is 4. The van der Waals surface area contributed by atoms with Gasteiger partial charge in [0.15, 0.2) is 0 Å². The highest BCUT2D eigenvalue weighted by Crippen LogP contribution is 2.46. The lowest BCUT2D eigenvalue weighted by Gasteiger charge is -2.32. The number of allylic oxidation sites excluding steroid dienone is 2. The first-order chi connectivity index (χ1) is 14.4. The number of benzene rings is 1. The van der Waals surface area contributed by atoms with Crippen LogP contribution in [0.15, 0.2) is 35.9 Å². The maximum absolute atomic E-state index is 11.9. The topological polar surface area (TPSA) is 95.6 Å². The monoisotopic (exact) mass is 414 g/mol. The van der Waals surface area contributed by atoms with Gasteiger partial charge in [-0.05, 0) is 69.2 Å². The molecule has 0 saturated carbocycles. The summed E-state index contributed by atoms with van der Waals surface area (Å²) in [4.78, 5) is 11.9. The standard InChI is InChI=1S/C25H38N2O3/c1-4-5-6-8-19-14-22(28)25(23(29)15-19)21-13-17(2)10-11-20(21)18(3)16-27-24(30)9-7-12-26/h13-15,20-21,28-29H,3-12,16,26H2,1-2H3,(H,27,30)/t20-,21?/m0/s1. The van der Waals surface area contributed by atoms with Crippen LogP contribution in [0.25, 0.3) is 0 Å². The Bertz CT molecular complexity index is 747. The van der Waals surface area contributed by atoms with E-state index in [1.165, 1.54) is 5.57 Å². The molecule has 0 bridgehead atoms. The molecule has 2 atom stereocenters. The lowest BCUT2D eigenvalue weighted by molar-refractivity contribution is -0.121. The molecule has 166 valence electrons. The Morgan fingerprint density at radius 1 is 1.23 bits per heavy atom. The highest BCUT2D eigenvalue weighted by molar-refractivity contribution is 5.76. The molecule has 0 radical (unpaired) electrons. The van der Waals surface area contributed by atoms with Crippen molar-refractivity contribution in [3.8, 4) is 11.5 Å². The minimum absolute atomic E-state index is 0.0252. The van der Waals surface area contributed by atoms with Crippen molar-refractivity contribution in [3.63, 3.8) is 0 Å². The Hall–Kier alpha value is -2.27. The predicted octanol–water partition coefficient (Wildman–Crippen LogP) is 4.68. The van der Waals surface area contributed by atoms with Crippen molar-refractivity contribution in [2.45, 2.75) is 71.1 Å². The van der Waals surface area contributed by atoms with Gasteiger partial charge in [-0.1, -0.05) is 43.6 Å². The van der Waals surface area contributed by atoms with E-state index in [9.17, 15) is 15.0 Å². The molecule has 2 rings (SSSR count). The van der Waals surface area contributed by atoms with Gasteiger partial charge in [-0.15, -0.1) is 0 Å². The van der Waals surface area contributed by atoms with E-state index in [0.717, 1.165) is 49.7 Å². The van der Waals surface area contributed by atoms with E-state index < -0.39 is 0 Å². The molecule has 5 N–H and O–H groups in total. The number of rotatable bonds is 11. The Balaban J connectivity index is 2.18. The van der Waals surface area contributed by atoms with Crippen LogP contribution in [0.3, 0.4) is 0 Å². The van der Waals surface area contributed by atoms with Gasteiger partial charge in [0.25, 0.3) is 0 Å². The molecule has 0 heterocycles. The minimum atomic E-state index is -0.156. The van der Waals surface area contributed by atoms with Crippen LogP contribution in [0.4, 0.5) is 0 Å². The van der Waals surface area contributed by atoms with Crippen molar-refractivity contribution >= 4 is 5.91 Å². The van der Waals surface area contributed by atoms with Gasteiger partial charge < -0.3 is 21.3 Å². The van der Waals surface area contributed by atoms with Gasteiger partial charge in [-0.25, -0.2) is 0 Å². The molecule has 1 aliphatic rings. The quantitative estimate of drug-likeness (QED) is 0.312. The minimum Gasteiger partial charge on any atom is -0.507 e. The Morgan fingerprint density at radius 3 is 2.57 bits per heavy atom. The van der Waals surface area contributed by atoms with Gasteiger partial charge in [0.05, 0.1) is 0 Å². The Morgan fingerprint density at radius 2 is 1.93 bits per heavy atom. The number of phenols is 2. The highest BCUT2D eigenvalue weighted by Gasteiger charge is 2.31. The van der Waals surface area contributed by atoms with Crippen LogP contribution in [0, 0.1) is 5.92 Å². The van der Waals surface area contributed by atoms with Crippen LogP contribution >= 0.6 is 0 Å². The number of aryl methyl sites for hydroxylation is 1. The fraction of sp³-hybridized carbons (Fsp3) is 0.560. The van der Waals surface area contributed by atoms with Crippen LogP contribution in [0.2, 0.25) is 0 Å². The largest absolute Gasteiger partial charge is 0.507 e. The van der Waals surface area contributed by atoms with Gasteiger partial charge in [-0.3, -0.25) is 4.79 Å². The number of unbranched alkanes of at least 4 members (excludes halogenated alkanes) is 2. The molecular formula is C25H38N2O3. The van der Waals surface area contributed by atoms with E-state index in [4.69, 9.17) is 5.73 Å². The summed E-state index contributed by atoms with van der Waals surface area (Å²) in [6, 6.07) is 3.58. The van der Waals surface area contributed by atoms with E-state index in [0.29, 0.717) is 31.5 Å². The zero-order valence-electron chi connectivity index (χ0n) is 18.5. The summed E-state index contributed by atoms with van der Waals surface area (Å²) in [6.07, 6.45) is 9.18. The normalized spacial score (nSPS) is 18.7. The highest BCUT2D eigenvalue weighted by atomic mass is 16.3. The molecule has 1 unspecified atom stereocenters. The summed E-state index contributed by atoms with van der Waals surface area (Å²) < 4.78 is 0. The molecule has 1 aromatic carbocycles. The number of nitrogens with two attached hydrogens (primary N) is 1. The van der Waals surface area contributed by atoms with Gasteiger partial charge in [0, 0.05) is 24.4 Å². The summed E-state index contributed by atoms with van der Waals surface area (Å²) in [7, 11) is 0. The van der Waals surface area contributed by atoms with Crippen LogP contribution in [-0.4, -0.2) is 29.2 Å². The number of carbonyl (C=O) groups excluding carboxylic acids is 1. The predicted molar refractivity (Wildman–Crippen MR) is 123 cm³/mol. The summed E-state index contributed by atoms with van der Waals surface area (Å²) in [5, 5.41) is 24.5. The smallest absolute Gasteiger partial charge is 0.220 e. The third kappa shape index (κ3) is 6.63. The number of aromatic hydroxyl groups is 2. The third-order valence-electron chi connectivity index (χ3n) is 5.99. The van der Waals surface area contributed by atoms with Gasteiger partial charge >= 0.3 is 0 Å². The van der Waals surface area contributed by atoms with Crippen molar-refractivity contribution in [2.24, 2.45) is 11.7 Å².